The SMILES string of the molecule is Cc1c(Cl)cc(S(=O)(=O)N2CCC(C(=O)O)CC2)cc1[N+](=O)[O-]. The Kier molecular flexibility index (Phi) is 4.92. The van der Waals surface area contributed by atoms with E-state index in [4.69, 9.17) is 16.7 Å². The second-order valence-electron chi connectivity index (χ2n) is 5.32. The van der Waals surface area contributed by atoms with E-state index in [0.717, 1.165) is 10.4 Å². The average molecular weight is 363 g/mol. The van der Waals surface area contributed by atoms with E-state index in [1.807, 2.05) is 0 Å². The number of piperidine rings is 1. The third kappa shape index (κ3) is 3.46. The molecule has 0 aliphatic carbocycles. The van der Waals surface area contributed by atoms with E-state index in [9.17, 15) is 23.3 Å². The Labute approximate surface area is 137 Å². The number of halogens is 1. The molecule has 126 valence electrons. The molecule has 0 bridgehead atoms. The van der Waals surface area contributed by atoms with Gasteiger partial charge in [-0.1, -0.05) is 11.6 Å². The van der Waals surface area contributed by atoms with Crippen molar-refractivity contribution in [2.75, 3.05) is 13.1 Å². The van der Waals surface area contributed by atoms with Crippen molar-refractivity contribution in [2.24, 2.45) is 5.92 Å². The number of nitrogens with zero attached hydrogens (tertiary/aromatic N) is 2. The summed E-state index contributed by atoms with van der Waals surface area (Å²) in [5.41, 5.74) is -0.170. The fourth-order valence-electron chi connectivity index (χ4n) is 2.47. The van der Waals surface area contributed by atoms with Crippen molar-refractivity contribution in [3.8, 4) is 0 Å². The minimum Gasteiger partial charge on any atom is -0.481 e. The van der Waals surface area contributed by atoms with Crippen molar-refractivity contribution in [3.05, 3.63) is 32.8 Å². The van der Waals surface area contributed by atoms with Gasteiger partial charge in [0.15, 0.2) is 0 Å². The highest BCUT2D eigenvalue weighted by atomic mass is 35.5. The molecular formula is C13H15ClN2O6S. The number of hydrogen-bond donors (Lipinski definition) is 1. The van der Waals surface area contributed by atoms with Crippen LogP contribution in [0.3, 0.4) is 0 Å². The van der Waals surface area contributed by atoms with Crippen LogP contribution in [0.5, 0.6) is 0 Å². The van der Waals surface area contributed by atoms with Gasteiger partial charge in [-0.15, -0.1) is 0 Å². The Morgan fingerprint density at radius 1 is 1.39 bits per heavy atom. The van der Waals surface area contributed by atoms with Crippen LogP contribution in [-0.4, -0.2) is 41.8 Å². The highest BCUT2D eigenvalue weighted by Crippen LogP contribution is 2.32. The summed E-state index contributed by atoms with van der Waals surface area (Å²) in [6.07, 6.45) is 0.409. The third-order valence-corrected chi connectivity index (χ3v) is 6.20. The Morgan fingerprint density at radius 2 is 1.96 bits per heavy atom. The van der Waals surface area contributed by atoms with Crippen molar-refractivity contribution in [1.82, 2.24) is 4.31 Å². The molecule has 1 saturated heterocycles. The van der Waals surface area contributed by atoms with E-state index in [1.165, 1.54) is 13.0 Å². The van der Waals surface area contributed by atoms with E-state index in [0.29, 0.717) is 0 Å². The lowest BCUT2D eigenvalue weighted by atomic mass is 9.99. The molecule has 0 atom stereocenters. The van der Waals surface area contributed by atoms with Gasteiger partial charge in [0.2, 0.25) is 10.0 Å². The molecule has 10 heteroatoms. The summed E-state index contributed by atoms with van der Waals surface area (Å²) in [5.74, 6) is -1.52. The summed E-state index contributed by atoms with van der Waals surface area (Å²) >= 11 is 5.91. The van der Waals surface area contributed by atoms with Crippen LogP contribution in [0.25, 0.3) is 0 Å². The monoisotopic (exact) mass is 362 g/mol. The fraction of sp³-hybridized carbons (Fsp3) is 0.462. The first-order valence-electron chi connectivity index (χ1n) is 6.82. The van der Waals surface area contributed by atoms with E-state index in [1.54, 1.807) is 0 Å². The molecule has 0 unspecified atom stereocenters. The van der Waals surface area contributed by atoms with Crippen LogP contribution < -0.4 is 0 Å². The van der Waals surface area contributed by atoms with Crippen LogP contribution in [0.2, 0.25) is 5.02 Å². The summed E-state index contributed by atoms with van der Waals surface area (Å²) < 4.78 is 26.3. The summed E-state index contributed by atoms with van der Waals surface area (Å²) in [6.45, 7) is 1.55. The highest BCUT2D eigenvalue weighted by Gasteiger charge is 2.33. The van der Waals surface area contributed by atoms with Crippen LogP contribution in [-0.2, 0) is 14.8 Å². The zero-order valence-corrected chi connectivity index (χ0v) is 13.8. The number of benzene rings is 1. The van der Waals surface area contributed by atoms with Gasteiger partial charge in [0.25, 0.3) is 5.69 Å². The van der Waals surface area contributed by atoms with Crippen molar-refractivity contribution >= 4 is 33.3 Å². The average Bonchev–Trinajstić information content (AvgIpc) is 2.49. The largest absolute Gasteiger partial charge is 0.481 e. The second-order valence-corrected chi connectivity index (χ2v) is 7.67. The van der Waals surface area contributed by atoms with E-state index in [-0.39, 0.29) is 47.1 Å². The number of sulfonamides is 1. The number of carboxylic acids is 1. The zero-order chi connectivity index (χ0) is 17.4. The zero-order valence-electron chi connectivity index (χ0n) is 12.2. The smallest absolute Gasteiger partial charge is 0.306 e. The Balaban J connectivity index is 2.34. The van der Waals surface area contributed by atoms with Crippen LogP contribution in [0.1, 0.15) is 18.4 Å². The first kappa shape index (κ1) is 17.6. The normalized spacial score (nSPS) is 17.1. The van der Waals surface area contributed by atoms with Gasteiger partial charge in [-0.25, -0.2) is 8.42 Å². The molecule has 1 aromatic rings. The number of carboxylic acid groups (broad SMARTS) is 1. The summed E-state index contributed by atoms with van der Waals surface area (Å²) in [4.78, 5) is 21.0. The Bertz CT molecular complexity index is 756. The lowest BCUT2D eigenvalue weighted by molar-refractivity contribution is -0.385. The molecule has 1 aromatic carbocycles. The molecule has 0 saturated carbocycles. The molecule has 1 N–H and O–H groups in total. The minimum atomic E-state index is -3.95. The molecule has 1 fully saturated rings. The van der Waals surface area contributed by atoms with Crippen molar-refractivity contribution in [3.63, 3.8) is 0 Å². The van der Waals surface area contributed by atoms with Crippen molar-refractivity contribution in [2.45, 2.75) is 24.7 Å². The maximum absolute atomic E-state index is 12.6. The number of nitro groups is 1. The first-order valence-corrected chi connectivity index (χ1v) is 8.64. The fourth-order valence-corrected chi connectivity index (χ4v) is 4.27. The molecule has 0 amide bonds. The molecule has 2 rings (SSSR count). The molecule has 0 radical (unpaired) electrons. The van der Waals surface area contributed by atoms with Crippen LogP contribution in [0, 0.1) is 23.0 Å². The minimum absolute atomic E-state index is 0.00167. The summed E-state index contributed by atoms with van der Waals surface area (Å²) in [7, 11) is -3.95. The van der Waals surface area contributed by atoms with Gasteiger partial charge in [-0.2, -0.15) is 4.31 Å². The lowest BCUT2D eigenvalue weighted by Gasteiger charge is -2.29. The molecule has 1 heterocycles. The summed E-state index contributed by atoms with van der Waals surface area (Å²) in [5, 5.41) is 20.0. The van der Waals surface area contributed by atoms with Crippen LogP contribution in [0.4, 0.5) is 5.69 Å². The molecule has 1 aliphatic rings. The van der Waals surface area contributed by atoms with E-state index >= 15 is 0 Å². The predicted octanol–water partition coefficient (Wildman–Crippen LogP) is 2.04. The van der Waals surface area contributed by atoms with Gasteiger partial charge in [0.1, 0.15) is 0 Å². The predicted molar refractivity (Wildman–Crippen MR) is 82.0 cm³/mol. The quantitative estimate of drug-likeness (QED) is 0.646. The first-order chi connectivity index (χ1) is 10.6. The van der Waals surface area contributed by atoms with Gasteiger partial charge >= 0.3 is 5.97 Å². The van der Waals surface area contributed by atoms with Gasteiger partial charge in [-0.05, 0) is 25.8 Å². The van der Waals surface area contributed by atoms with Gasteiger partial charge < -0.3 is 5.11 Å². The van der Waals surface area contributed by atoms with Crippen LogP contribution >= 0.6 is 11.6 Å². The molecule has 1 aliphatic heterocycles. The number of hydrogen-bond acceptors (Lipinski definition) is 5. The second kappa shape index (κ2) is 6.42. The van der Waals surface area contributed by atoms with E-state index < -0.39 is 26.8 Å². The van der Waals surface area contributed by atoms with Crippen molar-refractivity contribution < 1.29 is 23.2 Å². The van der Waals surface area contributed by atoms with E-state index in [2.05, 4.69) is 0 Å². The molecule has 0 aromatic heterocycles. The third-order valence-electron chi connectivity index (χ3n) is 3.93. The standard InChI is InChI=1S/C13H15ClN2O6S/c1-8-11(14)6-10(7-12(8)16(19)20)23(21,22)15-4-2-9(3-5-15)13(17)18/h6-7,9H,2-5H2,1H3,(H,17,18). The Hall–Kier alpha value is -1.71. The molecule has 23 heavy (non-hydrogen) atoms. The van der Waals surface area contributed by atoms with Crippen LogP contribution in [0.15, 0.2) is 17.0 Å². The number of aliphatic carboxylic acids is 1. The highest BCUT2D eigenvalue weighted by molar-refractivity contribution is 7.89. The molecular weight excluding hydrogens is 348 g/mol. The maximum Gasteiger partial charge on any atom is 0.306 e. The Morgan fingerprint density at radius 3 is 2.43 bits per heavy atom. The molecule has 8 nitrogen and oxygen atoms in total. The lowest BCUT2D eigenvalue weighted by Crippen LogP contribution is -2.40. The summed E-state index contributed by atoms with van der Waals surface area (Å²) in [6, 6.07) is 2.17. The maximum atomic E-state index is 12.6. The van der Waals surface area contributed by atoms with Crippen molar-refractivity contribution in [1.29, 1.82) is 0 Å². The number of nitro benzene ring substituents is 1. The number of rotatable bonds is 4. The van der Waals surface area contributed by atoms with Gasteiger partial charge in [0.05, 0.1) is 20.8 Å². The van der Waals surface area contributed by atoms with Gasteiger partial charge in [-0.3, -0.25) is 14.9 Å². The topological polar surface area (TPSA) is 118 Å². The van der Waals surface area contributed by atoms with Gasteiger partial charge in [0, 0.05) is 24.7 Å². The number of carbonyl (C=O) groups is 1. The molecule has 0 spiro atoms.